The quantitative estimate of drug-likeness (QED) is 0.432. The van der Waals surface area contributed by atoms with Crippen molar-refractivity contribution >= 4 is 28.8 Å². The zero-order chi connectivity index (χ0) is 15.8. The van der Waals surface area contributed by atoms with Gasteiger partial charge in [0.1, 0.15) is 18.4 Å². The highest BCUT2D eigenvalue weighted by molar-refractivity contribution is 14.1. The number of ether oxygens (including phenoxy) is 2. The summed E-state index contributed by atoms with van der Waals surface area (Å²) in [5.41, 5.74) is 2.03. The largest absolute Gasteiger partial charge is 0.497 e. The summed E-state index contributed by atoms with van der Waals surface area (Å²) in [6.45, 7) is 0.289. The Hall–Kier alpha value is -1.60. The van der Waals surface area contributed by atoms with Gasteiger partial charge in [-0.2, -0.15) is 0 Å². The van der Waals surface area contributed by atoms with Crippen LogP contribution < -0.4 is 8.27 Å². The summed E-state index contributed by atoms with van der Waals surface area (Å²) >= 11 is 1.98. The van der Waals surface area contributed by atoms with Crippen LogP contribution >= 0.6 is 22.9 Å². The number of carbonyl (C=O) groups is 1. The van der Waals surface area contributed by atoms with E-state index in [4.69, 9.17) is 9.47 Å². The Morgan fingerprint density at radius 2 is 1.77 bits per heavy atom. The molecule has 2 rings (SSSR count). The maximum atomic E-state index is 12.2. The van der Waals surface area contributed by atoms with Gasteiger partial charge in [0.15, 0.2) is 0 Å². The number of benzene rings is 2. The summed E-state index contributed by atoms with van der Waals surface area (Å²) in [7, 11) is 1.63. The number of esters is 1. The highest BCUT2D eigenvalue weighted by atomic mass is 127. The molecule has 0 saturated heterocycles. The number of methoxy groups -OCH3 is 1. The number of halogens is 1. The van der Waals surface area contributed by atoms with Crippen molar-refractivity contribution < 1.29 is 14.3 Å². The van der Waals surface area contributed by atoms with Crippen LogP contribution in [0.3, 0.4) is 0 Å². The molecule has 0 saturated carbocycles. The van der Waals surface area contributed by atoms with E-state index >= 15 is 0 Å². The average Bonchev–Trinajstić information content (AvgIpc) is 2.59. The summed E-state index contributed by atoms with van der Waals surface area (Å²) in [6, 6.07) is 16.9. The Morgan fingerprint density at radius 1 is 1.09 bits per heavy atom. The first kappa shape index (κ1) is 16.8. The molecular weight excluding hydrogens is 393 g/mol. The van der Waals surface area contributed by atoms with Crippen molar-refractivity contribution in [1.29, 1.82) is 0 Å². The monoisotopic (exact) mass is 411 g/mol. The number of carbonyl (C=O) groups excluding carboxylic acids is 1. The van der Waals surface area contributed by atoms with Gasteiger partial charge in [0.2, 0.25) is 0 Å². The zero-order valence-electron chi connectivity index (χ0n) is 12.3. The molecule has 0 radical (unpaired) electrons. The molecule has 1 atom stereocenters. The van der Waals surface area contributed by atoms with E-state index in [2.05, 4.69) is 3.53 Å². The van der Waals surface area contributed by atoms with Gasteiger partial charge in [-0.1, -0.05) is 42.5 Å². The molecule has 0 aliphatic heterocycles. The molecule has 2 aromatic rings. The highest BCUT2D eigenvalue weighted by Crippen LogP contribution is 2.14. The van der Waals surface area contributed by atoms with Crippen LogP contribution in [0.25, 0.3) is 0 Å². The second kappa shape index (κ2) is 8.75. The first-order valence-corrected chi connectivity index (χ1v) is 8.00. The Bertz CT molecular complexity index is 587. The number of rotatable bonds is 7. The first-order chi connectivity index (χ1) is 10.7. The molecule has 116 valence electrons. The van der Waals surface area contributed by atoms with Crippen LogP contribution in [0, 0.1) is 0 Å². The van der Waals surface area contributed by atoms with Gasteiger partial charge in [0, 0.05) is 22.9 Å². The van der Waals surface area contributed by atoms with E-state index in [9.17, 15) is 4.79 Å². The van der Waals surface area contributed by atoms with Gasteiger partial charge >= 0.3 is 5.97 Å². The van der Waals surface area contributed by atoms with E-state index in [0.29, 0.717) is 6.42 Å². The van der Waals surface area contributed by atoms with Crippen molar-refractivity contribution in [1.82, 2.24) is 3.53 Å². The van der Waals surface area contributed by atoms with Gasteiger partial charge < -0.3 is 9.47 Å². The standard InChI is InChI=1S/C17H18INO3/c1-21-15-9-7-13(8-10-15)11-16(19-18)17(20)22-12-14-5-3-2-4-6-14/h2-10,16,19H,11-12H2,1H3/t16-/m0/s1. The molecule has 0 fully saturated rings. The molecule has 0 amide bonds. The van der Waals surface area contributed by atoms with Crippen LogP contribution in [0.2, 0.25) is 0 Å². The maximum absolute atomic E-state index is 12.2. The van der Waals surface area contributed by atoms with E-state index in [0.717, 1.165) is 16.9 Å². The third kappa shape index (κ3) is 4.99. The first-order valence-electron chi connectivity index (χ1n) is 6.92. The highest BCUT2D eigenvalue weighted by Gasteiger charge is 2.19. The van der Waals surface area contributed by atoms with E-state index in [1.54, 1.807) is 7.11 Å². The molecule has 1 N–H and O–H groups in total. The third-order valence-corrected chi connectivity index (χ3v) is 3.99. The number of hydrogen-bond donors (Lipinski definition) is 1. The maximum Gasteiger partial charge on any atom is 0.324 e. The Kier molecular flexibility index (Phi) is 6.67. The fourth-order valence-corrected chi connectivity index (χ4v) is 2.47. The third-order valence-electron chi connectivity index (χ3n) is 3.24. The second-order valence-electron chi connectivity index (χ2n) is 4.81. The Labute approximate surface area is 144 Å². The van der Waals surface area contributed by atoms with Crippen LogP contribution in [0.15, 0.2) is 54.6 Å². The van der Waals surface area contributed by atoms with E-state index in [1.165, 1.54) is 0 Å². The SMILES string of the molecule is COc1ccc(C[C@H](NI)C(=O)OCc2ccccc2)cc1. The van der Waals surface area contributed by atoms with Crippen molar-refractivity contribution in [3.05, 3.63) is 65.7 Å². The molecule has 0 spiro atoms. The van der Waals surface area contributed by atoms with Crippen LogP contribution in [-0.4, -0.2) is 19.1 Å². The normalized spacial score (nSPS) is 11.7. The average molecular weight is 411 g/mol. The predicted molar refractivity (Wildman–Crippen MR) is 93.9 cm³/mol. The molecular formula is C17H18INO3. The van der Waals surface area contributed by atoms with Gasteiger partial charge in [-0.05, 0) is 29.7 Å². The molecule has 0 aliphatic rings. The van der Waals surface area contributed by atoms with Crippen molar-refractivity contribution in [2.24, 2.45) is 0 Å². The van der Waals surface area contributed by atoms with Crippen molar-refractivity contribution in [3.63, 3.8) is 0 Å². The van der Waals surface area contributed by atoms with Gasteiger partial charge in [0.25, 0.3) is 0 Å². The molecule has 0 unspecified atom stereocenters. The molecule has 0 bridgehead atoms. The summed E-state index contributed by atoms with van der Waals surface area (Å²) in [4.78, 5) is 12.2. The van der Waals surface area contributed by atoms with Crippen molar-refractivity contribution in [3.8, 4) is 5.75 Å². The van der Waals surface area contributed by atoms with Crippen LogP contribution in [0.1, 0.15) is 11.1 Å². The summed E-state index contributed by atoms with van der Waals surface area (Å²) in [6.07, 6.45) is 0.570. The molecule has 5 heteroatoms. The Balaban J connectivity index is 1.90. The lowest BCUT2D eigenvalue weighted by molar-refractivity contribution is -0.146. The lowest BCUT2D eigenvalue weighted by Gasteiger charge is -2.14. The summed E-state index contributed by atoms with van der Waals surface area (Å²) in [5.74, 6) is 0.545. The van der Waals surface area contributed by atoms with Crippen molar-refractivity contribution in [2.45, 2.75) is 19.1 Å². The molecule has 22 heavy (non-hydrogen) atoms. The molecule has 0 aliphatic carbocycles. The fourth-order valence-electron chi connectivity index (χ4n) is 1.99. The number of nitrogens with one attached hydrogen (secondary N) is 1. The lowest BCUT2D eigenvalue weighted by atomic mass is 10.1. The molecule has 0 heterocycles. The minimum atomic E-state index is -0.377. The minimum Gasteiger partial charge on any atom is -0.497 e. The van der Waals surface area contributed by atoms with Crippen LogP contribution in [0.5, 0.6) is 5.75 Å². The number of hydrogen-bond acceptors (Lipinski definition) is 4. The summed E-state index contributed by atoms with van der Waals surface area (Å²) < 4.78 is 13.5. The molecule has 4 nitrogen and oxygen atoms in total. The molecule has 0 aromatic heterocycles. The van der Waals surface area contributed by atoms with E-state index in [1.807, 2.05) is 77.5 Å². The Morgan fingerprint density at radius 3 is 2.36 bits per heavy atom. The van der Waals surface area contributed by atoms with Crippen LogP contribution in [-0.2, 0) is 22.6 Å². The minimum absolute atomic E-state index is 0.255. The zero-order valence-corrected chi connectivity index (χ0v) is 14.4. The van der Waals surface area contributed by atoms with Gasteiger partial charge in [-0.15, -0.1) is 0 Å². The van der Waals surface area contributed by atoms with Crippen molar-refractivity contribution in [2.75, 3.05) is 7.11 Å². The van der Waals surface area contributed by atoms with E-state index in [-0.39, 0.29) is 18.6 Å². The lowest BCUT2D eigenvalue weighted by Crippen LogP contribution is -2.34. The smallest absolute Gasteiger partial charge is 0.324 e. The van der Waals surface area contributed by atoms with E-state index < -0.39 is 0 Å². The van der Waals surface area contributed by atoms with Gasteiger partial charge in [-0.25, -0.2) is 3.53 Å². The fraction of sp³-hybridized carbons (Fsp3) is 0.235. The van der Waals surface area contributed by atoms with Gasteiger partial charge in [-0.3, -0.25) is 4.79 Å². The molecule has 2 aromatic carbocycles. The topological polar surface area (TPSA) is 47.6 Å². The second-order valence-corrected chi connectivity index (χ2v) is 5.43. The van der Waals surface area contributed by atoms with Gasteiger partial charge in [0.05, 0.1) is 7.11 Å². The van der Waals surface area contributed by atoms with Crippen LogP contribution in [0.4, 0.5) is 0 Å². The summed E-state index contributed by atoms with van der Waals surface area (Å²) in [5, 5.41) is 0. The predicted octanol–water partition coefficient (Wildman–Crippen LogP) is 3.29.